The average molecular weight is 379 g/mol. The van der Waals surface area contributed by atoms with E-state index in [1.165, 1.54) is 16.2 Å². The molecule has 0 atom stereocenters. The van der Waals surface area contributed by atoms with Gasteiger partial charge in [-0.2, -0.15) is 0 Å². The standard InChI is InChI=1S/C17H22N4O2S2/c1-2-21-9-7-12-14(11-21)25-17(19-12)20-15(22)6-3-8-18-16(23)13-5-4-10-24-13/h4-5,10H,2-3,6-9,11H2,1H3,(H,18,23)(H,19,20,22). The number of hydrogen-bond acceptors (Lipinski definition) is 6. The fraction of sp³-hybridized carbons (Fsp3) is 0.471. The van der Waals surface area contributed by atoms with Crippen LogP contribution in [0.25, 0.3) is 0 Å². The van der Waals surface area contributed by atoms with Crippen LogP contribution in [0, 0.1) is 0 Å². The Kier molecular flexibility index (Phi) is 6.17. The second kappa shape index (κ2) is 8.55. The molecule has 0 spiro atoms. The van der Waals surface area contributed by atoms with Crippen LogP contribution in [0.3, 0.4) is 0 Å². The third-order valence-electron chi connectivity index (χ3n) is 4.12. The molecule has 3 heterocycles. The van der Waals surface area contributed by atoms with Gasteiger partial charge in [0.25, 0.3) is 5.91 Å². The van der Waals surface area contributed by atoms with E-state index in [-0.39, 0.29) is 11.8 Å². The van der Waals surface area contributed by atoms with Crippen molar-refractivity contribution in [3.05, 3.63) is 33.0 Å². The van der Waals surface area contributed by atoms with Crippen molar-refractivity contribution in [1.82, 2.24) is 15.2 Å². The first kappa shape index (κ1) is 18.0. The lowest BCUT2D eigenvalue weighted by Crippen LogP contribution is -2.29. The number of nitrogens with one attached hydrogen (secondary N) is 2. The van der Waals surface area contributed by atoms with Crippen LogP contribution in [0.2, 0.25) is 0 Å². The highest BCUT2D eigenvalue weighted by Crippen LogP contribution is 2.28. The van der Waals surface area contributed by atoms with Crippen molar-refractivity contribution in [1.29, 1.82) is 0 Å². The fourth-order valence-corrected chi connectivity index (χ4v) is 4.41. The van der Waals surface area contributed by atoms with E-state index in [4.69, 9.17) is 0 Å². The van der Waals surface area contributed by atoms with Gasteiger partial charge in [0.05, 0.1) is 10.6 Å². The first-order chi connectivity index (χ1) is 12.2. The smallest absolute Gasteiger partial charge is 0.261 e. The number of thiophene rings is 1. The normalized spacial score (nSPS) is 14.1. The molecule has 6 nitrogen and oxygen atoms in total. The summed E-state index contributed by atoms with van der Waals surface area (Å²) in [5.41, 5.74) is 1.12. The highest BCUT2D eigenvalue weighted by molar-refractivity contribution is 7.15. The molecule has 25 heavy (non-hydrogen) atoms. The molecule has 2 amide bonds. The van der Waals surface area contributed by atoms with Gasteiger partial charge in [-0.05, 0) is 24.4 Å². The molecule has 0 radical (unpaired) electrons. The maximum Gasteiger partial charge on any atom is 0.261 e. The van der Waals surface area contributed by atoms with Crippen LogP contribution in [0.5, 0.6) is 0 Å². The van der Waals surface area contributed by atoms with Crippen molar-refractivity contribution in [2.45, 2.75) is 32.7 Å². The summed E-state index contributed by atoms with van der Waals surface area (Å²) >= 11 is 2.98. The number of aromatic nitrogens is 1. The molecule has 0 aliphatic carbocycles. The van der Waals surface area contributed by atoms with Gasteiger partial charge in [-0.15, -0.1) is 22.7 Å². The largest absolute Gasteiger partial charge is 0.351 e. The van der Waals surface area contributed by atoms with Crippen LogP contribution in [-0.4, -0.2) is 41.3 Å². The summed E-state index contributed by atoms with van der Waals surface area (Å²) in [7, 11) is 0. The summed E-state index contributed by atoms with van der Waals surface area (Å²) in [5.74, 6) is -0.132. The van der Waals surface area contributed by atoms with Gasteiger partial charge in [0.1, 0.15) is 0 Å². The minimum atomic E-state index is -0.0801. The molecule has 2 N–H and O–H groups in total. The summed E-state index contributed by atoms with van der Waals surface area (Å²) in [6.07, 6.45) is 1.93. The summed E-state index contributed by atoms with van der Waals surface area (Å²) < 4.78 is 0. The Hall–Kier alpha value is -1.77. The van der Waals surface area contributed by atoms with E-state index < -0.39 is 0 Å². The molecule has 1 aliphatic heterocycles. The number of amides is 2. The van der Waals surface area contributed by atoms with Crippen LogP contribution in [0.1, 0.15) is 40.0 Å². The molecule has 134 valence electrons. The quantitative estimate of drug-likeness (QED) is 0.727. The lowest BCUT2D eigenvalue weighted by atomic mass is 10.2. The molecule has 2 aromatic heterocycles. The first-order valence-electron chi connectivity index (χ1n) is 8.48. The number of nitrogens with zero attached hydrogens (tertiary/aromatic N) is 2. The topological polar surface area (TPSA) is 74.3 Å². The number of likely N-dealkylation sites (N-methyl/N-ethyl adjacent to an activating group) is 1. The number of carbonyl (C=O) groups is 2. The van der Waals surface area contributed by atoms with Crippen molar-refractivity contribution in [2.24, 2.45) is 0 Å². The molecular weight excluding hydrogens is 356 g/mol. The molecule has 0 unspecified atom stereocenters. The fourth-order valence-electron chi connectivity index (χ4n) is 2.70. The highest BCUT2D eigenvalue weighted by Gasteiger charge is 2.20. The number of thiazole rings is 1. The monoisotopic (exact) mass is 378 g/mol. The van der Waals surface area contributed by atoms with Gasteiger partial charge in [-0.1, -0.05) is 13.0 Å². The minimum absolute atomic E-state index is 0.0520. The molecule has 0 fully saturated rings. The van der Waals surface area contributed by atoms with Crippen molar-refractivity contribution < 1.29 is 9.59 Å². The van der Waals surface area contributed by atoms with Crippen LogP contribution in [0.15, 0.2) is 17.5 Å². The lowest BCUT2D eigenvalue weighted by Gasteiger charge is -2.23. The predicted molar refractivity (Wildman–Crippen MR) is 101 cm³/mol. The van der Waals surface area contributed by atoms with E-state index in [9.17, 15) is 9.59 Å². The number of rotatable bonds is 7. The number of carbonyl (C=O) groups excluding carboxylic acids is 2. The van der Waals surface area contributed by atoms with Gasteiger partial charge < -0.3 is 10.6 Å². The Labute approximate surface area is 155 Å². The maximum absolute atomic E-state index is 12.1. The van der Waals surface area contributed by atoms with Gasteiger partial charge in [0, 0.05) is 37.4 Å². The van der Waals surface area contributed by atoms with E-state index in [1.807, 2.05) is 11.4 Å². The zero-order valence-corrected chi connectivity index (χ0v) is 15.8. The second-order valence-corrected chi connectivity index (χ2v) is 7.92. The van der Waals surface area contributed by atoms with Crippen LogP contribution in [-0.2, 0) is 17.8 Å². The van der Waals surface area contributed by atoms with Crippen LogP contribution in [0.4, 0.5) is 5.13 Å². The average Bonchev–Trinajstić information content (AvgIpc) is 3.26. The molecule has 0 saturated carbocycles. The van der Waals surface area contributed by atoms with E-state index in [0.717, 1.165) is 31.7 Å². The summed E-state index contributed by atoms with van der Waals surface area (Å²) in [6, 6.07) is 3.64. The number of fused-ring (bicyclic) bond motifs is 1. The van der Waals surface area contributed by atoms with E-state index in [2.05, 4.69) is 27.4 Å². The Morgan fingerprint density at radius 2 is 2.28 bits per heavy atom. The van der Waals surface area contributed by atoms with Crippen molar-refractivity contribution in [3.63, 3.8) is 0 Å². The van der Waals surface area contributed by atoms with Crippen LogP contribution < -0.4 is 10.6 Å². The molecule has 3 rings (SSSR count). The first-order valence-corrected chi connectivity index (χ1v) is 10.2. The van der Waals surface area contributed by atoms with Gasteiger partial charge in [0.2, 0.25) is 5.91 Å². The number of hydrogen-bond donors (Lipinski definition) is 2. The maximum atomic E-state index is 12.1. The molecule has 0 aromatic carbocycles. The second-order valence-electron chi connectivity index (χ2n) is 5.89. The third kappa shape index (κ3) is 4.87. The zero-order valence-electron chi connectivity index (χ0n) is 14.2. The summed E-state index contributed by atoms with van der Waals surface area (Å²) in [5, 5.41) is 8.28. The SMILES string of the molecule is CCN1CCc2nc(NC(=O)CCCNC(=O)c3cccs3)sc2C1. The third-order valence-corrected chi connectivity index (χ3v) is 5.98. The van der Waals surface area contributed by atoms with Gasteiger partial charge >= 0.3 is 0 Å². The molecule has 0 bridgehead atoms. The van der Waals surface area contributed by atoms with E-state index in [0.29, 0.717) is 29.4 Å². The Bertz CT molecular complexity index is 727. The van der Waals surface area contributed by atoms with Crippen molar-refractivity contribution in [3.8, 4) is 0 Å². The lowest BCUT2D eigenvalue weighted by molar-refractivity contribution is -0.116. The van der Waals surface area contributed by atoms with E-state index in [1.54, 1.807) is 17.4 Å². The Morgan fingerprint density at radius 1 is 1.40 bits per heavy atom. The minimum Gasteiger partial charge on any atom is -0.351 e. The molecule has 0 saturated heterocycles. The zero-order chi connectivity index (χ0) is 17.6. The highest BCUT2D eigenvalue weighted by atomic mass is 32.1. The van der Waals surface area contributed by atoms with Gasteiger partial charge in [-0.3, -0.25) is 14.5 Å². The van der Waals surface area contributed by atoms with Crippen molar-refractivity contribution in [2.75, 3.05) is 25.0 Å². The number of anilines is 1. The van der Waals surface area contributed by atoms with E-state index >= 15 is 0 Å². The summed E-state index contributed by atoms with van der Waals surface area (Å²) in [4.78, 5) is 32.7. The van der Waals surface area contributed by atoms with Crippen LogP contribution >= 0.6 is 22.7 Å². The molecule has 8 heteroatoms. The molecule has 2 aromatic rings. The predicted octanol–water partition coefficient (Wildman–Crippen LogP) is 2.73. The van der Waals surface area contributed by atoms with Gasteiger partial charge in [0.15, 0.2) is 5.13 Å². The Morgan fingerprint density at radius 3 is 3.04 bits per heavy atom. The van der Waals surface area contributed by atoms with Crippen molar-refractivity contribution >= 4 is 39.6 Å². The molecule has 1 aliphatic rings. The Balaban J connectivity index is 1.40. The van der Waals surface area contributed by atoms with Gasteiger partial charge in [-0.25, -0.2) is 4.98 Å². The molecular formula is C17H22N4O2S2. The summed E-state index contributed by atoms with van der Waals surface area (Å²) in [6.45, 7) is 5.64.